The summed E-state index contributed by atoms with van der Waals surface area (Å²) in [6, 6.07) is 7.51. The maximum Gasteiger partial charge on any atom is 0.264 e. The van der Waals surface area contributed by atoms with Crippen LogP contribution in [0.15, 0.2) is 38.8 Å². The van der Waals surface area contributed by atoms with Gasteiger partial charge in [0, 0.05) is 4.47 Å². The molecule has 1 aliphatic rings. The van der Waals surface area contributed by atoms with E-state index in [0.29, 0.717) is 18.9 Å². The number of ether oxygens (including phenoxy) is 1. The number of alkyl halides is 1. The van der Waals surface area contributed by atoms with Crippen molar-refractivity contribution in [2.24, 2.45) is 10.1 Å². The number of hydrogen-bond donors (Lipinski definition) is 1. The van der Waals surface area contributed by atoms with Crippen LogP contribution in [0.1, 0.15) is 0 Å². The summed E-state index contributed by atoms with van der Waals surface area (Å²) in [6.45, 7) is 0.818. The summed E-state index contributed by atoms with van der Waals surface area (Å²) in [4.78, 5) is 15.4. The summed E-state index contributed by atoms with van der Waals surface area (Å²) in [5.74, 6) is 0.401. The molecule has 5 nitrogen and oxygen atoms in total. The molecule has 19 heavy (non-hydrogen) atoms. The fraction of sp³-hybridized carbons (Fsp3) is 0.250. The molecule has 0 fully saturated rings. The molecule has 1 aliphatic heterocycles. The van der Waals surface area contributed by atoms with Crippen LogP contribution in [0.4, 0.5) is 0 Å². The highest BCUT2D eigenvalue weighted by Crippen LogP contribution is 2.15. The van der Waals surface area contributed by atoms with Crippen LogP contribution < -0.4 is 10.2 Å². The van der Waals surface area contributed by atoms with Crippen LogP contribution >= 0.6 is 27.5 Å². The Bertz CT molecular complexity index is 516. The fourth-order valence-electron chi connectivity index (χ4n) is 1.41. The van der Waals surface area contributed by atoms with Gasteiger partial charge in [-0.1, -0.05) is 15.9 Å². The number of benzene rings is 1. The average Bonchev–Trinajstić information content (AvgIpc) is 2.41. The van der Waals surface area contributed by atoms with Crippen molar-refractivity contribution in [1.29, 1.82) is 0 Å². The van der Waals surface area contributed by atoms with Crippen LogP contribution in [0.25, 0.3) is 0 Å². The van der Waals surface area contributed by atoms with Gasteiger partial charge in [0.05, 0.1) is 18.5 Å². The molecule has 0 aromatic heterocycles. The lowest BCUT2D eigenvalue weighted by Crippen LogP contribution is -2.39. The van der Waals surface area contributed by atoms with Crippen molar-refractivity contribution in [3.63, 3.8) is 0 Å². The van der Waals surface area contributed by atoms with Crippen LogP contribution in [0.3, 0.4) is 0 Å². The van der Waals surface area contributed by atoms with E-state index < -0.39 is 5.38 Å². The van der Waals surface area contributed by atoms with Crippen LogP contribution in [-0.2, 0) is 4.79 Å². The van der Waals surface area contributed by atoms with Gasteiger partial charge in [0.25, 0.3) is 5.91 Å². The van der Waals surface area contributed by atoms with Gasteiger partial charge in [-0.25, -0.2) is 5.43 Å². The highest BCUT2D eigenvalue weighted by atomic mass is 79.9. The van der Waals surface area contributed by atoms with Gasteiger partial charge in [-0.2, -0.15) is 5.10 Å². The highest BCUT2D eigenvalue weighted by Gasteiger charge is 2.23. The van der Waals surface area contributed by atoms with Crippen molar-refractivity contribution in [3.05, 3.63) is 28.7 Å². The van der Waals surface area contributed by atoms with Crippen molar-refractivity contribution < 1.29 is 9.53 Å². The molecule has 0 saturated heterocycles. The fourth-order valence-corrected chi connectivity index (χ4v) is 1.85. The normalized spacial score (nSPS) is 20.4. The van der Waals surface area contributed by atoms with Gasteiger partial charge in [0.15, 0.2) is 5.38 Å². The first-order chi connectivity index (χ1) is 9.16. The molecule has 1 atom stereocenters. The molecule has 0 saturated carbocycles. The first kappa shape index (κ1) is 14.0. The number of hydrazone groups is 1. The van der Waals surface area contributed by atoms with Gasteiger partial charge in [-0.05, 0) is 24.3 Å². The summed E-state index contributed by atoms with van der Waals surface area (Å²) in [5, 5.41) is 2.86. The molecule has 0 radical (unpaired) electrons. The van der Waals surface area contributed by atoms with E-state index in [-0.39, 0.29) is 5.91 Å². The predicted molar refractivity (Wildman–Crippen MR) is 78.2 cm³/mol. The van der Waals surface area contributed by atoms with Gasteiger partial charge < -0.3 is 4.74 Å². The Morgan fingerprint density at radius 2 is 2.16 bits per heavy atom. The van der Waals surface area contributed by atoms with E-state index >= 15 is 0 Å². The van der Waals surface area contributed by atoms with Gasteiger partial charge in [-0.3, -0.25) is 9.79 Å². The largest absolute Gasteiger partial charge is 0.492 e. The van der Waals surface area contributed by atoms with Gasteiger partial charge in [-0.15, -0.1) is 11.6 Å². The van der Waals surface area contributed by atoms with E-state index in [1.54, 1.807) is 0 Å². The summed E-state index contributed by atoms with van der Waals surface area (Å²) >= 11 is 9.21. The lowest BCUT2D eigenvalue weighted by Gasteiger charge is -2.12. The number of hydrogen-bond acceptors (Lipinski definition) is 4. The molecule has 0 bridgehead atoms. The van der Waals surface area contributed by atoms with Crippen LogP contribution in [0, 0.1) is 0 Å². The second-order valence-corrected chi connectivity index (χ2v) is 5.06. The monoisotopic (exact) mass is 343 g/mol. The molecule has 1 aromatic carbocycles. The Morgan fingerprint density at radius 1 is 1.42 bits per heavy atom. The Labute approximate surface area is 123 Å². The second-order valence-electron chi connectivity index (χ2n) is 3.71. The lowest BCUT2D eigenvalue weighted by molar-refractivity contribution is -0.119. The number of nitrogens with one attached hydrogen (secondary N) is 1. The van der Waals surface area contributed by atoms with Crippen LogP contribution in [0.2, 0.25) is 0 Å². The average molecular weight is 345 g/mol. The zero-order valence-corrected chi connectivity index (χ0v) is 12.2. The van der Waals surface area contributed by atoms with Crippen LogP contribution in [0.5, 0.6) is 5.75 Å². The third-order valence-electron chi connectivity index (χ3n) is 2.33. The minimum Gasteiger partial charge on any atom is -0.492 e. The molecule has 1 aromatic rings. The van der Waals surface area contributed by atoms with E-state index in [4.69, 9.17) is 16.3 Å². The molecule has 1 N–H and O–H groups in total. The summed E-state index contributed by atoms with van der Waals surface area (Å²) in [7, 11) is 0. The third kappa shape index (κ3) is 4.04. The Morgan fingerprint density at radius 3 is 2.89 bits per heavy atom. The first-order valence-electron chi connectivity index (χ1n) is 5.56. The van der Waals surface area contributed by atoms with Gasteiger partial charge in [0.1, 0.15) is 12.4 Å². The Hall–Kier alpha value is -1.40. The molecule has 100 valence electrons. The van der Waals surface area contributed by atoms with Crippen molar-refractivity contribution in [2.75, 3.05) is 13.2 Å². The Kier molecular flexibility index (Phi) is 4.93. The standard InChI is InChI=1S/C12H11BrClN3O2/c13-8-1-3-9(4-2-8)19-6-5-15-10-7-16-17-12(18)11(10)14/h1-4,7,11H,5-6H2,(H,17,18). The number of amides is 1. The minimum absolute atomic E-state index is 0.364. The van der Waals surface area contributed by atoms with Gasteiger partial charge in [0.2, 0.25) is 0 Å². The molecule has 0 aliphatic carbocycles. The quantitative estimate of drug-likeness (QED) is 0.671. The Balaban J connectivity index is 1.83. The number of aliphatic imine (C=N–C) groups is 1. The molecule has 2 rings (SSSR count). The van der Waals surface area contributed by atoms with Crippen molar-refractivity contribution in [1.82, 2.24) is 5.43 Å². The summed E-state index contributed by atoms with van der Waals surface area (Å²) in [6.07, 6.45) is 1.44. The van der Waals surface area contributed by atoms with Crippen molar-refractivity contribution in [2.45, 2.75) is 5.38 Å². The van der Waals surface area contributed by atoms with Crippen molar-refractivity contribution in [3.8, 4) is 5.75 Å². The van der Waals surface area contributed by atoms with Gasteiger partial charge >= 0.3 is 0 Å². The predicted octanol–water partition coefficient (Wildman–Crippen LogP) is 1.99. The highest BCUT2D eigenvalue weighted by molar-refractivity contribution is 9.10. The summed E-state index contributed by atoms with van der Waals surface area (Å²) < 4.78 is 6.49. The van der Waals surface area contributed by atoms with Crippen molar-refractivity contribution >= 4 is 45.4 Å². The molecular weight excluding hydrogens is 334 g/mol. The molecule has 0 spiro atoms. The number of nitrogens with zero attached hydrogens (tertiary/aromatic N) is 2. The van der Waals surface area contributed by atoms with E-state index in [1.807, 2.05) is 24.3 Å². The summed E-state index contributed by atoms with van der Waals surface area (Å²) in [5.41, 5.74) is 2.71. The number of carbonyl (C=O) groups excluding carboxylic acids is 1. The minimum atomic E-state index is -0.787. The molecule has 1 unspecified atom stereocenters. The smallest absolute Gasteiger partial charge is 0.264 e. The van der Waals surface area contributed by atoms with E-state index in [2.05, 4.69) is 31.4 Å². The third-order valence-corrected chi connectivity index (χ3v) is 3.28. The zero-order chi connectivity index (χ0) is 13.7. The zero-order valence-electron chi connectivity index (χ0n) is 9.85. The molecule has 1 heterocycles. The number of halogens is 2. The van der Waals surface area contributed by atoms with E-state index in [9.17, 15) is 4.79 Å². The molecule has 1 amide bonds. The van der Waals surface area contributed by atoms with Crippen LogP contribution in [-0.4, -0.2) is 36.4 Å². The maximum absolute atomic E-state index is 11.2. The lowest BCUT2D eigenvalue weighted by atomic mass is 10.2. The number of rotatable bonds is 4. The molecule has 7 heteroatoms. The first-order valence-corrected chi connectivity index (χ1v) is 6.79. The molecular formula is C12H11BrClN3O2. The number of carbonyl (C=O) groups is 1. The second kappa shape index (κ2) is 6.68. The SMILES string of the molecule is O=C1NN=CC(=NCCOc2ccc(Br)cc2)C1Cl. The van der Waals surface area contributed by atoms with E-state index in [0.717, 1.165) is 10.2 Å². The topological polar surface area (TPSA) is 63.0 Å². The van der Waals surface area contributed by atoms with E-state index in [1.165, 1.54) is 6.21 Å². The maximum atomic E-state index is 11.2.